The number of rotatable bonds is 5. The second-order valence-corrected chi connectivity index (χ2v) is 4.16. The molecule has 1 aliphatic carbocycles. The minimum absolute atomic E-state index is 0. The number of nitrogens with two attached hydrogens (primary N) is 1. The lowest BCUT2D eigenvalue weighted by molar-refractivity contribution is -0.146. The highest BCUT2D eigenvalue weighted by molar-refractivity contribution is 5.93. The van der Waals surface area contributed by atoms with E-state index in [0.29, 0.717) is 12.5 Å². The van der Waals surface area contributed by atoms with Gasteiger partial charge in [0, 0.05) is 0 Å². The van der Waals surface area contributed by atoms with Crippen molar-refractivity contribution in [2.75, 3.05) is 6.61 Å². The molecule has 0 heterocycles. The van der Waals surface area contributed by atoms with Crippen molar-refractivity contribution in [2.24, 2.45) is 11.7 Å². The van der Waals surface area contributed by atoms with Crippen molar-refractivity contribution < 1.29 is 14.3 Å². The maximum Gasteiger partial charge on any atom is 0.315 e. The molecule has 0 aliphatic heterocycles. The molecule has 16 heavy (non-hydrogen) atoms. The Morgan fingerprint density at radius 1 is 1.19 bits per heavy atom. The van der Waals surface area contributed by atoms with E-state index >= 15 is 0 Å². The van der Waals surface area contributed by atoms with Crippen LogP contribution in [0.3, 0.4) is 0 Å². The summed E-state index contributed by atoms with van der Waals surface area (Å²) in [6, 6.07) is 0. The Balaban J connectivity index is 0.00000225. The number of hydrogen-bond donors (Lipinski definition) is 1. The summed E-state index contributed by atoms with van der Waals surface area (Å²) in [4.78, 5) is 21.4. The van der Waals surface area contributed by atoms with Gasteiger partial charge in [0.15, 0.2) is 0 Å². The van der Waals surface area contributed by atoms with E-state index in [1.54, 1.807) is 0 Å². The van der Waals surface area contributed by atoms with Crippen LogP contribution >= 0.6 is 12.4 Å². The molecule has 5 heteroatoms. The molecule has 4 nitrogen and oxygen atoms in total. The third-order valence-corrected chi connectivity index (χ3v) is 2.83. The Kier molecular flexibility index (Phi) is 7.99. The van der Waals surface area contributed by atoms with E-state index < -0.39 is 11.9 Å². The zero-order chi connectivity index (χ0) is 11.1. The molecular formula is C11H20ClNO3. The molecule has 0 aromatic carbocycles. The van der Waals surface area contributed by atoms with Gasteiger partial charge < -0.3 is 10.5 Å². The van der Waals surface area contributed by atoms with Gasteiger partial charge in [0.05, 0.1) is 6.61 Å². The molecule has 0 bridgehead atoms. The van der Waals surface area contributed by atoms with Crippen molar-refractivity contribution in [2.45, 2.75) is 44.9 Å². The number of carbonyl (C=O) groups excluding carboxylic acids is 2. The van der Waals surface area contributed by atoms with Gasteiger partial charge in [-0.3, -0.25) is 9.59 Å². The zero-order valence-corrected chi connectivity index (χ0v) is 10.3. The topological polar surface area (TPSA) is 69.4 Å². The first-order valence-corrected chi connectivity index (χ1v) is 5.62. The van der Waals surface area contributed by atoms with Crippen LogP contribution in [0.2, 0.25) is 0 Å². The second kappa shape index (κ2) is 8.39. The van der Waals surface area contributed by atoms with Crippen LogP contribution in [0.4, 0.5) is 0 Å². The van der Waals surface area contributed by atoms with Crippen LogP contribution in [0.15, 0.2) is 0 Å². The summed E-state index contributed by atoms with van der Waals surface area (Å²) in [6.45, 7) is 0.427. The van der Waals surface area contributed by atoms with E-state index in [9.17, 15) is 9.59 Å². The van der Waals surface area contributed by atoms with Crippen LogP contribution in [0.1, 0.15) is 44.9 Å². The standard InChI is InChI=1S/C11H19NO3.ClH/c12-10(13)8-11(14)15-7-6-9-4-2-1-3-5-9;/h9H,1-8H2,(H2,12,13);1H. The van der Waals surface area contributed by atoms with E-state index in [1.807, 2.05) is 0 Å². The molecule has 0 aromatic heterocycles. The molecular weight excluding hydrogens is 230 g/mol. The Morgan fingerprint density at radius 3 is 2.38 bits per heavy atom. The molecule has 0 saturated heterocycles. The van der Waals surface area contributed by atoms with Crippen molar-refractivity contribution in [1.29, 1.82) is 0 Å². The number of primary amides is 1. The van der Waals surface area contributed by atoms with Crippen LogP contribution in [0.5, 0.6) is 0 Å². The van der Waals surface area contributed by atoms with Gasteiger partial charge in [0.25, 0.3) is 0 Å². The number of halogens is 1. The predicted octanol–water partition coefficient (Wildman–Crippen LogP) is 1.80. The van der Waals surface area contributed by atoms with Crippen molar-refractivity contribution in [3.63, 3.8) is 0 Å². The van der Waals surface area contributed by atoms with Gasteiger partial charge in [0.1, 0.15) is 6.42 Å². The Labute approximate surface area is 102 Å². The lowest BCUT2D eigenvalue weighted by Gasteiger charge is -2.20. The summed E-state index contributed by atoms with van der Waals surface area (Å²) in [5, 5.41) is 0. The average Bonchev–Trinajstić information content (AvgIpc) is 2.18. The molecule has 94 valence electrons. The first-order chi connectivity index (χ1) is 7.18. The first kappa shape index (κ1) is 15.2. The molecule has 2 N–H and O–H groups in total. The number of carbonyl (C=O) groups is 2. The van der Waals surface area contributed by atoms with Crippen LogP contribution in [0, 0.1) is 5.92 Å². The van der Waals surface area contributed by atoms with Gasteiger partial charge in [-0.1, -0.05) is 32.1 Å². The molecule has 0 aromatic rings. The quantitative estimate of drug-likeness (QED) is 0.597. The largest absolute Gasteiger partial charge is 0.465 e. The van der Waals surface area contributed by atoms with Crippen molar-refractivity contribution >= 4 is 24.3 Å². The number of esters is 1. The second-order valence-electron chi connectivity index (χ2n) is 4.16. The molecule has 0 atom stereocenters. The molecule has 0 spiro atoms. The highest BCUT2D eigenvalue weighted by Crippen LogP contribution is 2.26. The maximum absolute atomic E-state index is 11.0. The Morgan fingerprint density at radius 2 is 1.81 bits per heavy atom. The van der Waals surface area contributed by atoms with Crippen LogP contribution in [-0.2, 0) is 14.3 Å². The summed E-state index contributed by atoms with van der Waals surface area (Å²) in [6.07, 6.45) is 7.02. The van der Waals surface area contributed by atoms with Gasteiger partial charge in [-0.05, 0) is 12.3 Å². The molecule has 1 rings (SSSR count). The van der Waals surface area contributed by atoms with Gasteiger partial charge in [-0.25, -0.2) is 0 Å². The molecule has 1 fully saturated rings. The third kappa shape index (κ3) is 6.67. The average molecular weight is 250 g/mol. The van der Waals surface area contributed by atoms with E-state index in [1.165, 1.54) is 32.1 Å². The number of hydrogen-bond acceptors (Lipinski definition) is 3. The van der Waals surface area contributed by atoms with E-state index in [-0.39, 0.29) is 18.8 Å². The molecule has 0 radical (unpaired) electrons. The molecule has 1 saturated carbocycles. The lowest BCUT2D eigenvalue weighted by atomic mass is 9.87. The maximum atomic E-state index is 11.0. The summed E-state index contributed by atoms with van der Waals surface area (Å²) in [5.41, 5.74) is 4.87. The number of ether oxygens (including phenoxy) is 1. The smallest absolute Gasteiger partial charge is 0.315 e. The highest BCUT2D eigenvalue weighted by Gasteiger charge is 2.14. The fourth-order valence-electron chi connectivity index (χ4n) is 2.01. The first-order valence-electron chi connectivity index (χ1n) is 5.62. The fourth-order valence-corrected chi connectivity index (χ4v) is 2.01. The van der Waals surface area contributed by atoms with Crippen LogP contribution in [-0.4, -0.2) is 18.5 Å². The third-order valence-electron chi connectivity index (χ3n) is 2.83. The van der Waals surface area contributed by atoms with Gasteiger partial charge in [-0.15, -0.1) is 12.4 Å². The van der Waals surface area contributed by atoms with E-state index in [2.05, 4.69) is 0 Å². The molecule has 1 amide bonds. The van der Waals surface area contributed by atoms with Gasteiger partial charge >= 0.3 is 5.97 Å². The molecule has 0 unspecified atom stereocenters. The van der Waals surface area contributed by atoms with Crippen LogP contribution in [0.25, 0.3) is 0 Å². The predicted molar refractivity (Wildman–Crippen MR) is 63.2 cm³/mol. The van der Waals surface area contributed by atoms with Crippen molar-refractivity contribution in [3.8, 4) is 0 Å². The van der Waals surface area contributed by atoms with Crippen molar-refractivity contribution in [1.82, 2.24) is 0 Å². The fraction of sp³-hybridized carbons (Fsp3) is 0.818. The van der Waals surface area contributed by atoms with E-state index in [4.69, 9.17) is 10.5 Å². The van der Waals surface area contributed by atoms with Crippen LogP contribution < -0.4 is 5.73 Å². The summed E-state index contributed by atoms with van der Waals surface area (Å²) >= 11 is 0. The Bertz CT molecular complexity index is 227. The zero-order valence-electron chi connectivity index (χ0n) is 9.44. The SMILES string of the molecule is Cl.NC(=O)CC(=O)OCCC1CCCCC1. The highest BCUT2D eigenvalue weighted by atomic mass is 35.5. The minimum Gasteiger partial charge on any atom is -0.465 e. The Hall–Kier alpha value is -0.770. The van der Waals surface area contributed by atoms with Gasteiger partial charge in [-0.2, -0.15) is 0 Å². The summed E-state index contributed by atoms with van der Waals surface area (Å²) in [7, 11) is 0. The molecule has 1 aliphatic rings. The summed E-state index contributed by atoms with van der Waals surface area (Å²) in [5.74, 6) is -0.434. The summed E-state index contributed by atoms with van der Waals surface area (Å²) < 4.78 is 4.92. The lowest BCUT2D eigenvalue weighted by Crippen LogP contribution is -2.19. The monoisotopic (exact) mass is 249 g/mol. The van der Waals surface area contributed by atoms with Gasteiger partial charge in [0.2, 0.25) is 5.91 Å². The number of amides is 1. The van der Waals surface area contributed by atoms with Crippen molar-refractivity contribution in [3.05, 3.63) is 0 Å². The minimum atomic E-state index is -0.627. The van der Waals surface area contributed by atoms with E-state index in [0.717, 1.165) is 6.42 Å². The normalized spacial score (nSPS) is 16.2.